The van der Waals surface area contributed by atoms with Crippen molar-refractivity contribution in [2.24, 2.45) is 0 Å². The first-order valence-corrected chi connectivity index (χ1v) is 11.4. The fraction of sp³-hybridized carbons (Fsp3) is 0.333. The predicted molar refractivity (Wildman–Crippen MR) is 111 cm³/mol. The van der Waals surface area contributed by atoms with Gasteiger partial charge >= 0.3 is 5.69 Å². The van der Waals surface area contributed by atoms with Gasteiger partial charge in [0.2, 0.25) is 10.0 Å². The van der Waals surface area contributed by atoms with Crippen molar-refractivity contribution in [3.8, 4) is 11.4 Å². The maximum absolute atomic E-state index is 13.3. The highest BCUT2D eigenvalue weighted by atomic mass is 32.2. The lowest BCUT2D eigenvalue weighted by Gasteiger charge is -2.07. The summed E-state index contributed by atoms with van der Waals surface area (Å²) in [6.45, 7) is 2.13. The monoisotopic (exact) mass is 430 g/mol. The molecule has 1 heterocycles. The van der Waals surface area contributed by atoms with Crippen LogP contribution >= 0.6 is 0 Å². The van der Waals surface area contributed by atoms with E-state index < -0.39 is 10.0 Å². The third-order valence-corrected chi connectivity index (χ3v) is 6.62. The van der Waals surface area contributed by atoms with E-state index in [0.29, 0.717) is 11.4 Å². The number of hydrogen-bond donors (Lipinski definition) is 1. The van der Waals surface area contributed by atoms with Gasteiger partial charge in [-0.1, -0.05) is 19.1 Å². The van der Waals surface area contributed by atoms with E-state index in [1.807, 2.05) is 6.92 Å². The molecular weight excluding hydrogens is 407 g/mol. The molecule has 30 heavy (non-hydrogen) atoms. The van der Waals surface area contributed by atoms with E-state index in [9.17, 15) is 17.6 Å². The van der Waals surface area contributed by atoms with E-state index in [1.165, 1.54) is 16.8 Å². The molecule has 0 amide bonds. The highest BCUT2D eigenvalue weighted by molar-refractivity contribution is 7.89. The highest BCUT2D eigenvalue weighted by Crippen LogP contribution is 2.36. The average Bonchev–Trinajstić information content (AvgIpc) is 3.53. The van der Waals surface area contributed by atoms with E-state index in [-0.39, 0.29) is 35.5 Å². The maximum Gasteiger partial charge on any atom is 0.346 e. The van der Waals surface area contributed by atoms with Gasteiger partial charge in [0.15, 0.2) is 5.82 Å². The third kappa shape index (κ3) is 4.22. The molecule has 1 N–H and O–H groups in total. The molecule has 3 aromatic rings. The molecule has 0 unspecified atom stereocenters. The number of halogens is 1. The molecule has 0 spiro atoms. The summed E-state index contributed by atoms with van der Waals surface area (Å²) in [4.78, 5) is 13.0. The summed E-state index contributed by atoms with van der Waals surface area (Å²) in [6, 6.07) is 12.6. The van der Waals surface area contributed by atoms with Gasteiger partial charge in [-0.25, -0.2) is 27.0 Å². The smallest absolute Gasteiger partial charge is 0.272 e. The molecule has 0 radical (unpaired) electrons. The molecule has 1 fully saturated rings. The van der Waals surface area contributed by atoms with E-state index in [4.69, 9.17) is 0 Å². The van der Waals surface area contributed by atoms with Gasteiger partial charge in [-0.05, 0) is 61.2 Å². The Hall–Kier alpha value is -2.78. The van der Waals surface area contributed by atoms with Crippen LogP contribution in [0.3, 0.4) is 0 Å². The first-order chi connectivity index (χ1) is 14.4. The van der Waals surface area contributed by atoms with E-state index in [0.717, 1.165) is 24.8 Å². The molecule has 9 heteroatoms. The third-order valence-electron chi connectivity index (χ3n) is 5.14. The van der Waals surface area contributed by atoms with Crippen molar-refractivity contribution in [3.63, 3.8) is 0 Å². The number of hydrogen-bond acceptors (Lipinski definition) is 4. The lowest BCUT2D eigenvalue weighted by molar-refractivity contribution is 0.547. The zero-order valence-corrected chi connectivity index (χ0v) is 17.4. The van der Waals surface area contributed by atoms with Gasteiger partial charge in [0.05, 0.1) is 11.4 Å². The second kappa shape index (κ2) is 8.16. The molecule has 1 aliphatic rings. The number of aryl methyl sites for hydroxylation is 1. The van der Waals surface area contributed by atoms with Crippen molar-refractivity contribution in [1.29, 1.82) is 0 Å². The first-order valence-electron chi connectivity index (χ1n) is 9.93. The fourth-order valence-corrected chi connectivity index (χ4v) is 4.32. The standard InChI is InChI=1S/C21H23FN4O3S/c1-2-15-3-11-19(12-4-15)30(28,29)23-13-14-25-21(27)26(18-9-10-18)20(24-25)16-5-7-17(22)8-6-16/h3-8,11-12,18,23H,2,9-10,13-14H2,1H3. The Morgan fingerprint density at radius 1 is 1.10 bits per heavy atom. The predicted octanol–water partition coefficient (Wildman–Crippen LogP) is 2.73. The Kier molecular flexibility index (Phi) is 5.57. The Morgan fingerprint density at radius 2 is 1.77 bits per heavy atom. The van der Waals surface area contributed by atoms with Gasteiger partial charge in [-0.2, -0.15) is 0 Å². The van der Waals surface area contributed by atoms with Crippen LogP contribution < -0.4 is 10.4 Å². The van der Waals surface area contributed by atoms with Crippen LogP contribution in [0.25, 0.3) is 11.4 Å². The van der Waals surface area contributed by atoms with Crippen LogP contribution in [0, 0.1) is 5.82 Å². The van der Waals surface area contributed by atoms with Crippen molar-refractivity contribution in [3.05, 3.63) is 70.4 Å². The molecule has 158 valence electrons. The van der Waals surface area contributed by atoms with Gasteiger partial charge in [0, 0.05) is 18.2 Å². The molecule has 1 aliphatic carbocycles. The minimum atomic E-state index is -3.67. The van der Waals surface area contributed by atoms with Crippen LogP contribution in [0.2, 0.25) is 0 Å². The van der Waals surface area contributed by atoms with Crippen molar-refractivity contribution < 1.29 is 12.8 Å². The van der Waals surface area contributed by atoms with Crippen LogP contribution in [-0.2, 0) is 23.0 Å². The zero-order valence-electron chi connectivity index (χ0n) is 16.6. The summed E-state index contributed by atoms with van der Waals surface area (Å²) < 4.78 is 43.6. The zero-order chi connectivity index (χ0) is 21.3. The normalized spacial score (nSPS) is 14.2. The van der Waals surface area contributed by atoms with Crippen LogP contribution in [-0.4, -0.2) is 29.3 Å². The number of sulfonamides is 1. The van der Waals surface area contributed by atoms with Crippen LogP contribution in [0.15, 0.2) is 58.2 Å². The second-order valence-electron chi connectivity index (χ2n) is 7.33. The molecular formula is C21H23FN4O3S. The Morgan fingerprint density at radius 3 is 2.37 bits per heavy atom. The molecule has 0 aliphatic heterocycles. The fourth-order valence-electron chi connectivity index (χ4n) is 3.30. The van der Waals surface area contributed by atoms with Crippen LogP contribution in [0.4, 0.5) is 4.39 Å². The van der Waals surface area contributed by atoms with Crippen molar-refractivity contribution in [2.75, 3.05) is 6.54 Å². The molecule has 0 atom stereocenters. The number of aromatic nitrogens is 3. The molecule has 2 aromatic carbocycles. The van der Waals surface area contributed by atoms with Crippen molar-refractivity contribution in [1.82, 2.24) is 19.1 Å². The van der Waals surface area contributed by atoms with Crippen molar-refractivity contribution >= 4 is 10.0 Å². The second-order valence-corrected chi connectivity index (χ2v) is 9.10. The molecule has 4 rings (SSSR count). The lowest BCUT2D eigenvalue weighted by atomic mass is 10.2. The van der Waals surface area contributed by atoms with Gasteiger partial charge in [-0.15, -0.1) is 5.10 Å². The van der Waals surface area contributed by atoms with Gasteiger partial charge in [0.1, 0.15) is 5.82 Å². The molecule has 7 nitrogen and oxygen atoms in total. The number of benzene rings is 2. The number of nitrogens with zero attached hydrogens (tertiary/aromatic N) is 3. The van der Waals surface area contributed by atoms with E-state index in [1.54, 1.807) is 41.0 Å². The van der Waals surface area contributed by atoms with Gasteiger partial charge in [-0.3, -0.25) is 4.57 Å². The summed E-state index contributed by atoms with van der Waals surface area (Å²) in [5.41, 5.74) is 1.42. The van der Waals surface area contributed by atoms with E-state index in [2.05, 4.69) is 9.82 Å². The summed E-state index contributed by atoms with van der Waals surface area (Å²) in [6.07, 6.45) is 2.61. The summed E-state index contributed by atoms with van der Waals surface area (Å²) in [5, 5.41) is 4.40. The largest absolute Gasteiger partial charge is 0.346 e. The van der Waals surface area contributed by atoms with E-state index >= 15 is 0 Å². The summed E-state index contributed by atoms with van der Waals surface area (Å²) >= 11 is 0. The number of nitrogens with one attached hydrogen (secondary N) is 1. The average molecular weight is 431 g/mol. The molecule has 1 aromatic heterocycles. The lowest BCUT2D eigenvalue weighted by Crippen LogP contribution is -2.32. The van der Waals surface area contributed by atoms with Crippen LogP contribution in [0.1, 0.15) is 31.4 Å². The highest BCUT2D eigenvalue weighted by Gasteiger charge is 2.30. The quantitative estimate of drug-likeness (QED) is 0.595. The summed E-state index contributed by atoms with van der Waals surface area (Å²) in [5.74, 6) is 0.111. The van der Waals surface area contributed by atoms with Gasteiger partial charge < -0.3 is 0 Å². The Bertz CT molecular complexity index is 1190. The SMILES string of the molecule is CCc1ccc(S(=O)(=O)NCCn2nc(-c3ccc(F)cc3)n(C3CC3)c2=O)cc1. The first kappa shape index (κ1) is 20.5. The minimum absolute atomic E-state index is 0.0301. The summed E-state index contributed by atoms with van der Waals surface area (Å²) in [7, 11) is -3.67. The molecule has 1 saturated carbocycles. The minimum Gasteiger partial charge on any atom is -0.272 e. The van der Waals surface area contributed by atoms with Gasteiger partial charge in [0.25, 0.3) is 0 Å². The molecule has 0 saturated heterocycles. The van der Waals surface area contributed by atoms with Crippen LogP contribution in [0.5, 0.6) is 0 Å². The maximum atomic E-state index is 13.3. The van der Waals surface area contributed by atoms with Crippen molar-refractivity contribution in [2.45, 2.75) is 43.7 Å². The Labute approximate surface area is 174 Å². The number of rotatable bonds is 8. The topological polar surface area (TPSA) is 86.0 Å². The molecule has 0 bridgehead atoms. The Balaban J connectivity index is 1.51.